The lowest BCUT2D eigenvalue weighted by atomic mass is 10.0. The van der Waals surface area contributed by atoms with Crippen LogP contribution in [0, 0.1) is 5.92 Å². The largest absolute Gasteiger partial charge is 0.314 e. The van der Waals surface area contributed by atoms with Gasteiger partial charge in [0.1, 0.15) is 0 Å². The molecule has 0 heterocycles. The smallest absolute Gasteiger partial charge is 0.00929 e. The molecule has 0 fully saturated rings. The Morgan fingerprint density at radius 2 is 1.53 bits per heavy atom. The molecule has 0 rings (SSSR count). The lowest BCUT2D eigenvalue weighted by Crippen LogP contribution is -2.46. The van der Waals surface area contributed by atoms with Gasteiger partial charge < -0.3 is 5.32 Å². The highest BCUT2D eigenvalue weighted by Gasteiger charge is 2.23. The maximum absolute atomic E-state index is 3.62. The Kier molecular flexibility index (Phi) is 10.6. The maximum atomic E-state index is 3.62. The molecule has 0 aliphatic carbocycles. The van der Waals surface area contributed by atoms with Crippen molar-refractivity contribution in [2.75, 3.05) is 13.1 Å². The van der Waals surface area contributed by atoms with E-state index in [0.717, 1.165) is 18.5 Å². The summed E-state index contributed by atoms with van der Waals surface area (Å²) in [5, 5.41) is 3.62. The molecule has 0 aromatic carbocycles. The lowest BCUT2D eigenvalue weighted by Gasteiger charge is -2.38. The quantitative estimate of drug-likeness (QED) is 0.602. The first-order valence-electron chi connectivity index (χ1n) is 8.45. The van der Waals surface area contributed by atoms with Crippen molar-refractivity contribution in [2.45, 2.75) is 92.3 Å². The molecule has 0 radical (unpaired) electrons. The average molecular weight is 271 g/mol. The second-order valence-corrected chi connectivity index (χ2v) is 6.50. The molecule has 0 saturated heterocycles. The Balaban J connectivity index is 4.47. The van der Waals surface area contributed by atoms with E-state index in [4.69, 9.17) is 0 Å². The summed E-state index contributed by atoms with van der Waals surface area (Å²) in [5.41, 5.74) is 0. The second-order valence-electron chi connectivity index (χ2n) is 6.50. The Hall–Kier alpha value is -0.0800. The highest BCUT2D eigenvalue weighted by atomic mass is 15.2. The van der Waals surface area contributed by atoms with Crippen molar-refractivity contribution >= 4 is 0 Å². The second kappa shape index (κ2) is 10.7. The molecular weight excluding hydrogens is 232 g/mol. The minimum atomic E-state index is 0.624. The Labute approximate surface area is 122 Å². The molecule has 0 amide bonds. The van der Waals surface area contributed by atoms with Crippen LogP contribution in [0.3, 0.4) is 0 Å². The first-order valence-corrected chi connectivity index (χ1v) is 8.45. The van der Waals surface area contributed by atoms with Crippen molar-refractivity contribution < 1.29 is 0 Å². The normalized spacial score (nSPS) is 15.5. The summed E-state index contributed by atoms with van der Waals surface area (Å²) in [5.74, 6) is 0.752. The molecule has 0 spiro atoms. The number of nitrogens with one attached hydrogen (secondary N) is 1. The number of hydrogen-bond acceptors (Lipinski definition) is 2. The van der Waals surface area contributed by atoms with E-state index in [-0.39, 0.29) is 0 Å². The first kappa shape index (κ1) is 18.9. The maximum Gasteiger partial charge on any atom is 0.00929 e. The molecule has 0 bridgehead atoms. The van der Waals surface area contributed by atoms with E-state index in [1.54, 1.807) is 0 Å². The molecule has 2 atom stereocenters. The van der Waals surface area contributed by atoms with Crippen LogP contribution in [0.2, 0.25) is 0 Å². The fraction of sp³-hybridized carbons (Fsp3) is 1.00. The standard InChI is InChI=1S/C17H38N2/c1-8-11-18-15(6)12-16(7)19(13-14(4)5)17(9-2)10-3/h14-18H,8-13H2,1-7H3. The van der Waals surface area contributed by atoms with Gasteiger partial charge in [0.25, 0.3) is 0 Å². The predicted octanol–water partition coefficient (Wildman–Crippen LogP) is 4.30. The van der Waals surface area contributed by atoms with E-state index in [1.165, 1.54) is 32.2 Å². The molecule has 0 aliphatic rings. The molecular formula is C17H38N2. The van der Waals surface area contributed by atoms with Gasteiger partial charge in [-0.2, -0.15) is 0 Å². The highest BCUT2D eigenvalue weighted by Crippen LogP contribution is 2.18. The van der Waals surface area contributed by atoms with Gasteiger partial charge in [-0.05, 0) is 52.0 Å². The van der Waals surface area contributed by atoms with Gasteiger partial charge in [-0.15, -0.1) is 0 Å². The van der Waals surface area contributed by atoms with Crippen LogP contribution >= 0.6 is 0 Å². The molecule has 0 aromatic heterocycles. The lowest BCUT2D eigenvalue weighted by molar-refractivity contribution is 0.107. The number of hydrogen-bond donors (Lipinski definition) is 1. The molecule has 2 heteroatoms. The molecule has 0 aliphatic heterocycles. The van der Waals surface area contributed by atoms with Gasteiger partial charge in [0, 0.05) is 24.7 Å². The molecule has 0 saturated carbocycles. The topological polar surface area (TPSA) is 15.3 Å². The SMILES string of the molecule is CCCNC(C)CC(C)N(CC(C)C)C(CC)CC. The number of rotatable bonds is 11. The minimum absolute atomic E-state index is 0.624. The highest BCUT2D eigenvalue weighted by molar-refractivity contribution is 4.79. The van der Waals surface area contributed by atoms with Gasteiger partial charge in [0.15, 0.2) is 0 Å². The van der Waals surface area contributed by atoms with E-state index in [2.05, 4.69) is 58.7 Å². The summed E-state index contributed by atoms with van der Waals surface area (Å²) in [4.78, 5) is 2.74. The van der Waals surface area contributed by atoms with E-state index in [0.29, 0.717) is 12.1 Å². The molecule has 2 unspecified atom stereocenters. The van der Waals surface area contributed by atoms with Gasteiger partial charge in [-0.25, -0.2) is 0 Å². The minimum Gasteiger partial charge on any atom is -0.314 e. The van der Waals surface area contributed by atoms with Gasteiger partial charge in [0.2, 0.25) is 0 Å². The van der Waals surface area contributed by atoms with Crippen molar-refractivity contribution in [3.8, 4) is 0 Å². The van der Waals surface area contributed by atoms with E-state index < -0.39 is 0 Å². The Morgan fingerprint density at radius 1 is 0.947 bits per heavy atom. The van der Waals surface area contributed by atoms with Crippen LogP contribution in [0.4, 0.5) is 0 Å². The third kappa shape index (κ3) is 7.94. The van der Waals surface area contributed by atoms with E-state index in [9.17, 15) is 0 Å². The summed E-state index contributed by atoms with van der Waals surface area (Å²) in [6.07, 6.45) is 5.01. The van der Waals surface area contributed by atoms with Crippen LogP contribution in [0.5, 0.6) is 0 Å². The molecule has 1 N–H and O–H groups in total. The third-order valence-electron chi connectivity index (χ3n) is 3.99. The fourth-order valence-electron chi connectivity index (χ4n) is 2.99. The van der Waals surface area contributed by atoms with Gasteiger partial charge in [0.05, 0.1) is 0 Å². The monoisotopic (exact) mass is 270 g/mol. The fourth-order valence-corrected chi connectivity index (χ4v) is 2.99. The van der Waals surface area contributed by atoms with Crippen LogP contribution in [0.1, 0.15) is 74.1 Å². The average Bonchev–Trinajstić information content (AvgIpc) is 2.36. The Morgan fingerprint density at radius 3 is 1.95 bits per heavy atom. The molecule has 0 aromatic rings. The van der Waals surface area contributed by atoms with Crippen molar-refractivity contribution in [3.05, 3.63) is 0 Å². The summed E-state index contributed by atoms with van der Waals surface area (Å²) >= 11 is 0. The van der Waals surface area contributed by atoms with Crippen LogP contribution in [-0.2, 0) is 0 Å². The van der Waals surface area contributed by atoms with Crippen LogP contribution in [0.15, 0.2) is 0 Å². The molecule has 2 nitrogen and oxygen atoms in total. The Bertz CT molecular complexity index is 199. The van der Waals surface area contributed by atoms with Crippen molar-refractivity contribution in [3.63, 3.8) is 0 Å². The van der Waals surface area contributed by atoms with E-state index in [1.807, 2.05) is 0 Å². The van der Waals surface area contributed by atoms with Crippen LogP contribution in [-0.4, -0.2) is 36.1 Å². The third-order valence-corrected chi connectivity index (χ3v) is 3.99. The van der Waals surface area contributed by atoms with Crippen molar-refractivity contribution in [1.82, 2.24) is 10.2 Å². The zero-order valence-electron chi connectivity index (χ0n) is 14.5. The van der Waals surface area contributed by atoms with Gasteiger partial charge in [-0.1, -0.05) is 34.6 Å². The predicted molar refractivity (Wildman–Crippen MR) is 87.7 cm³/mol. The zero-order chi connectivity index (χ0) is 14.8. The summed E-state index contributed by atoms with van der Waals surface area (Å²) in [6.45, 7) is 18.7. The molecule has 19 heavy (non-hydrogen) atoms. The first-order chi connectivity index (χ1) is 8.96. The van der Waals surface area contributed by atoms with Gasteiger partial charge in [-0.3, -0.25) is 4.90 Å². The summed E-state index contributed by atoms with van der Waals surface area (Å²) in [6, 6.07) is 2.04. The van der Waals surface area contributed by atoms with Gasteiger partial charge >= 0.3 is 0 Å². The van der Waals surface area contributed by atoms with E-state index >= 15 is 0 Å². The zero-order valence-corrected chi connectivity index (χ0v) is 14.5. The summed E-state index contributed by atoms with van der Waals surface area (Å²) < 4.78 is 0. The molecule has 116 valence electrons. The van der Waals surface area contributed by atoms with Crippen LogP contribution in [0.25, 0.3) is 0 Å². The number of nitrogens with zero attached hydrogens (tertiary/aromatic N) is 1. The summed E-state index contributed by atoms with van der Waals surface area (Å²) in [7, 11) is 0. The van der Waals surface area contributed by atoms with Crippen LogP contribution < -0.4 is 5.32 Å². The van der Waals surface area contributed by atoms with Crippen molar-refractivity contribution in [1.29, 1.82) is 0 Å². The van der Waals surface area contributed by atoms with Crippen molar-refractivity contribution in [2.24, 2.45) is 5.92 Å².